The predicted octanol–water partition coefficient (Wildman–Crippen LogP) is 0.661. The molecule has 4 bridgehead atoms. The third kappa shape index (κ3) is 4.14. The Morgan fingerprint density at radius 3 is 2.00 bits per heavy atom. The number of carboxylic acids is 1. The van der Waals surface area contributed by atoms with E-state index in [1.807, 2.05) is 0 Å². The van der Waals surface area contributed by atoms with Gasteiger partial charge in [0.25, 0.3) is 0 Å². The zero-order valence-electron chi connectivity index (χ0n) is 14.7. The van der Waals surface area contributed by atoms with E-state index in [1.54, 1.807) is 0 Å². The largest absolute Gasteiger partial charge is 0.479 e. The predicted molar refractivity (Wildman–Crippen MR) is 89.5 cm³/mol. The van der Waals surface area contributed by atoms with Crippen LogP contribution in [0.5, 0.6) is 0 Å². The van der Waals surface area contributed by atoms with Crippen LogP contribution in [-0.4, -0.2) is 46.7 Å². The van der Waals surface area contributed by atoms with E-state index >= 15 is 0 Å². The van der Waals surface area contributed by atoms with Crippen LogP contribution in [0.15, 0.2) is 0 Å². The lowest BCUT2D eigenvalue weighted by Gasteiger charge is -2.56. The summed E-state index contributed by atoms with van der Waals surface area (Å²) in [5.74, 6) is 0.322. The van der Waals surface area contributed by atoms with Gasteiger partial charge in [0.2, 0.25) is 11.8 Å². The van der Waals surface area contributed by atoms with Crippen molar-refractivity contribution in [2.75, 3.05) is 13.1 Å². The Morgan fingerprint density at radius 2 is 1.52 bits per heavy atom. The number of amides is 2. The Kier molecular flexibility index (Phi) is 4.79. The zero-order chi connectivity index (χ0) is 18.2. The minimum atomic E-state index is -2.02. The van der Waals surface area contributed by atoms with Gasteiger partial charge < -0.3 is 20.8 Å². The van der Waals surface area contributed by atoms with Crippen LogP contribution in [-0.2, 0) is 14.4 Å². The molecule has 0 aromatic carbocycles. The highest BCUT2D eigenvalue weighted by Crippen LogP contribution is 2.61. The minimum absolute atomic E-state index is 0.109. The van der Waals surface area contributed by atoms with Gasteiger partial charge in [-0.1, -0.05) is 0 Å². The first kappa shape index (κ1) is 18.2. The third-order valence-electron chi connectivity index (χ3n) is 6.24. The van der Waals surface area contributed by atoms with Gasteiger partial charge in [-0.05, 0) is 68.6 Å². The van der Waals surface area contributed by atoms with E-state index in [4.69, 9.17) is 5.11 Å². The first-order valence-electron chi connectivity index (χ1n) is 9.17. The van der Waals surface area contributed by atoms with Crippen LogP contribution < -0.4 is 10.6 Å². The number of carboxylic acid groups (broad SMARTS) is 1. The lowest BCUT2D eigenvalue weighted by Crippen LogP contribution is -2.50. The number of hydrogen-bond acceptors (Lipinski definition) is 4. The van der Waals surface area contributed by atoms with Crippen LogP contribution in [0.3, 0.4) is 0 Å². The second-order valence-electron chi connectivity index (χ2n) is 8.73. The summed E-state index contributed by atoms with van der Waals surface area (Å²) >= 11 is 0. The van der Waals surface area contributed by atoms with Gasteiger partial charge in [-0.3, -0.25) is 9.59 Å². The normalized spacial score (nSPS) is 35.0. The van der Waals surface area contributed by atoms with Crippen LogP contribution in [0.1, 0.15) is 51.9 Å². The summed E-state index contributed by atoms with van der Waals surface area (Å²) in [6.45, 7) is 0.522. The molecule has 7 heteroatoms. The van der Waals surface area contributed by atoms with Gasteiger partial charge in [-0.25, -0.2) is 4.79 Å². The summed E-state index contributed by atoms with van der Waals surface area (Å²) < 4.78 is 0. The number of hydrogen-bond donors (Lipinski definition) is 4. The lowest BCUT2D eigenvalue weighted by atomic mass is 9.49. The molecule has 0 saturated heterocycles. The second-order valence-corrected chi connectivity index (χ2v) is 8.73. The fourth-order valence-electron chi connectivity index (χ4n) is 5.50. The summed E-state index contributed by atoms with van der Waals surface area (Å²) in [6.07, 6.45) is 7.88. The maximum Gasteiger partial charge on any atom is 0.337 e. The third-order valence-corrected chi connectivity index (χ3v) is 6.24. The molecule has 4 fully saturated rings. The summed E-state index contributed by atoms with van der Waals surface area (Å²) in [4.78, 5) is 34.8. The van der Waals surface area contributed by atoms with Gasteiger partial charge in [0.05, 0.1) is 13.1 Å². The van der Waals surface area contributed by atoms with Crippen molar-refractivity contribution in [2.24, 2.45) is 23.2 Å². The molecule has 0 radical (unpaired) electrons. The van der Waals surface area contributed by atoms with Crippen molar-refractivity contribution >= 4 is 17.8 Å². The Bertz CT molecular complexity index is 537. The van der Waals surface area contributed by atoms with Crippen LogP contribution in [0.4, 0.5) is 0 Å². The summed E-state index contributed by atoms with van der Waals surface area (Å²) in [6, 6.07) is 0. The van der Waals surface area contributed by atoms with Crippen molar-refractivity contribution in [2.45, 2.75) is 57.5 Å². The maximum absolute atomic E-state index is 12.3. The Balaban J connectivity index is 1.43. The van der Waals surface area contributed by atoms with E-state index < -0.39 is 24.0 Å². The van der Waals surface area contributed by atoms with Gasteiger partial charge in [0.15, 0.2) is 5.60 Å². The molecule has 4 N–H and O–H groups in total. The first-order chi connectivity index (χ1) is 11.7. The fraction of sp³-hybridized carbons (Fsp3) is 0.833. The molecular formula is C18H28N2O5. The second kappa shape index (κ2) is 6.59. The fourth-order valence-corrected chi connectivity index (χ4v) is 5.50. The van der Waals surface area contributed by atoms with Crippen molar-refractivity contribution < 1.29 is 24.6 Å². The molecule has 4 rings (SSSR count). The van der Waals surface area contributed by atoms with E-state index in [9.17, 15) is 19.5 Å². The monoisotopic (exact) mass is 352 g/mol. The van der Waals surface area contributed by atoms with Crippen LogP contribution in [0.25, 0.3) is 0 Å². The van der Waals surface area contributed by atoms with Gasteiger partial charge >= 0.3 is 5.97 Å². The molecule has 4 saturated carbocycles. The molecule has 0 aromatic rings. The molecule has 1 atom stereocenters. The molecule has 0 heterocycles. The molecule has 2 amide bonds. The van der Waals surface area contributed by atoms with Crippen molar-refractivity contribution in [3.63, 3.8) is 0 Å². The van der Waals surface area contributed by atoms with Crippen LogP contribution >= 0.6 is 0 Å². The van der Waals surface area contributed by atoms with E-state index in [0.717, 1.165) is 43.9 Å². The molecule has 140 valence electrons. The Hall–Kier alpha value is -1.63. The van der Waals surface area contributed by atoms with E-state index in [2.05, 4.69) is 10.6 Å². The van der Waals surface area contributed by atoms with Crippen molar-refractivity contribution in [3.8, 4) is 0 Å². The summed E-state index contributed by atoms with van der Waals surface area (Å²) in [5.41, 5.74) is -1.89. The molecule has 4 aliphatic carbocycles. The molecule has 4 aliphatic rings. The average molecular weight is 352 g/mol. The van der Waals surface area contributed by atoms with Crippen molar-refractivity contribution in [3.05, 3.63) is 0 Å². The van der Waals surface area contributed by atoms with Crippen LogP contribution in [0.2, 0.25) is 0 Å². The van der Waals surface area contributed by atoms with E-state index in [-0.39, 0.29) is 17.9 Å². The van der Waals surface area contributed by atoms with Gasteiger partial charge in [0.1, 0.15) is 0 Å². The molecule has 0 aromatic heterocycles. The molecular weight excluding hydrogens is 324 g/mol. The number of aliphatic hydroxyl groups is 1. The van der Waals surface area contributed by atoms with Crippen LogP contribution in [0, 0.1) is 23.2 Å². The standard InChI is InChI=1S/C18H28N2O5/c1-17(25,16(23)24)10-20-15(22)9-19-14(21)8-18-5-11-2-12(6-18)4-13(3-11)7-18/h11-13,25H,2-10H2,1H3,(H,19,21)(H,20,22)(H,23,24). The molecule has 0 aliphatic heterocycles. The topological polar surface area (TPSA) is 116 Å². The number of rotatable bonds is 7. The van der Waals surface area contributed by atoms with Crippen molar-refractivity contribution in [1.29, 1.82) is 0 Å². The highest BCUT2D eigenvalue weighted by Gasteiger charge is 2.51. The minimum Gasteiger partial charge on any atom is -0.479 e. The van der Waals surface area contributed by atoms with Gasteiger partial charge in [-0.15, -0.1) is 0 Å². The number of nitrogens with one attached hydrogen (secondary N) is 2. The molecule has 1 unspecified atom stereocenters. The Morgan fingerprint density at radius 1 is 1.00 bits per heavy atom. The van der Waals surface area contributed by atoms with Crippen molar-refractivity contribution in [1.82, 2.24) is 10.6 Å². The quantitative estimate of drug-likeness (QED) is 0.537. The smallest absolute Gasteiger partial charge is 0.337 e. The Labute approximate surface area is 147 Å². The number of carbonyl (C=O) groups is 3. The maximum atomic E-state index is 12.3. The summed E-state index contributed by atoms with van der Waals surface area (Å²) in [5, 5.41) is 23.3. The molecule has 0 spiro atoms. The number of aliphatic carboxylic acids is 1. The SMILES string of the molecule is CC(O)(CNC(=O)CNC(=O)CC12CC3CC(CC(C3)C1)C2)C(=O)O. The summed E-state index contributed by atoms with van der Waals surface area (Å²) in [7, 11) is 0. The highest BCUT2D eigenvalue weighted by molar-refractivity contribution is 5.85. The molecule has 25 heavy (non-hydrogen) atoms. The lowest BCUT2D eigenvalue weighted by molar-refractivity contribution is -0.156. The van der Waals surface area contributed by atoms with Gasteiger partial charge in [-0.2, -0.15) is 0 Å². The van der Waals surface area contributed by atoms with E-state index in [0.29, 0.717) is 6.42 Å². The molecule has 7 nitrogen and oxygen atoms in total. The average Bonchev–Trinajstić information content (AvgIpc) is 2.49. The zero-order valence-corrected chi connectivity index (χ0v) is 14.7. The first-order valence-corrected chi connectivity index (χ1v) is 9.17. The van der Waals surface area contributed by atoms with E-state index in [1.165, 1.54) is 19.3 Å². The highest BCUT2D eigenvalue weighted by atomic mass is 16.4. The number of carbonyl (C=O) groups excluding carboxylic acids is 2. The van der Waals surface area contributed by atoms with Gasteiger partial charge in [0, 0.05) is 6.42 Å².